The third-order valence-corrected chi connectivity index (χ3v) is 2.14. The maximum atomic E-state index is 12.5. The Bertz CT molecular complexity index is 517. The maximum Gasteiger partial charge on any atom is 0.340 e. The molecule has 0 aliphatic heterocycles. The van der Waals surface area contributed by atoms with Gasteiger partial charge in [0, 0.05) is 17.8 Å². The number of ether oxygens (including phenoxy) is 1. The number of nitrogens with one attached hydrogen (secondary N) is 1. The van der Waals surface area contributed by atoms with E-state index >= 15 is 0 Å². The fraction of sp³-hybridized carbons (Fsp3) is 0.231. The molecule has 0 aliphatic rings. The third-order valence-electron chi connectivity index (χ3n) is 2.14. The molecule has 0 aromatic heterocycles. The normalized spacial score (nSPS) is 11.7. The van der Waals surface area contributed by atoms with Crippen molar-refractivity contribution in [2.75, 3.05) is 11.9 Å². The number of amides is 1. The lowest BCUT2D eigenvalue weighted by molar-refractivity contribution is -0.176. The minimum Gasteiger partial charge on any atom is -0.456 e. The summed E-state index contributed by atoms with van der Waals surface area (Å²) in [5.74, 6) is -6.44. The predicted octanol–water partition coefficient (Wildman–Crippen LogP) is 2.62. The number of alkyl halides is 4. The molecule has 1 aromatic rings. The Hall–Kier alpha value is -2.38. The third kappa shape index (κ3) is 6.07. The van der Waals surface area contributed by atoms with Gasteiger partial charge in [0.05, 0.1) is 0 Å². The van der Waals surface area contributed by atoms with Gasteiger partial charge in [0.2, 0.25) is 5.91 Å². The molecule has 0 radical (unpaired) electrons. The number of carbonyl (C=O) groups excluding carboxylic acids is 2. The number of hydrogen-bond acceptors (Lipinski definition) is 3. The summed E-state index contributed by atoms with van der Waals surface area (Å²) in [6.45, 7) is -1.76. The Morgan fingerprint density at radius 2 is 1.81 bits per heavy atom. The number of hydrogen-bond donors (Lipinski definition) is 1. The number of anilines is 1. The smallest absolute Gasteiger partial charge is 0.340 e. The molecule has 1 aromatic carbocycles. The number of halogens is 4. The fourth-order valence-corrected chi connectivity index (χ4v) is 1.13. The number of carbonyl (C=O) groups is 2. The molecule has 0 spiro atoms. The van der Waals surface area contributed by atoms with Crippen LogP contribution < -0.4 is 5.32 Å². The average molecular weight is 305 g/mol. The van der Waals surface area contributed by atoms with Crippen molar-refractivity contribution >= 4 is 17.6 Å². The largest absolute Gasteiger partial charge is 0.456 e. The van der Waals surface area contributed by atoms with Gasteiger partial charge >= 0.3 is 18.3 Å². The highest BCUT2D eigenvalue weighted by Gasteiger charge is 2.42. The van der Waals surface area contributed by atoms with Crippen molar-refractivity contribution in [2.45, 2.75) is 12.3 Å². The van der Waals surface area contributed by atoms with Gasteiger partial charge in [-0.2, -0.15) is 8.78 Å². The molecule has 0 atom stereocenters. The lowest BCUT2D eigenvalue weighted by atomic mass is 10.3. The molecule has 0 unspecified atom stereocenters. The van der Waals surface area contributed by atoms with Gasteiger partial charge in [-0.05, 0) is 12.1 Å². The molecule has 8 heteroatoms. The second-order valence-electron chi connectivity index (χ2n) is 3.86. The topological polar surface area (TPSA) is 55.4 Å². The number of benzene rings is 1. The van der Waals surface area contributed by atoms with Crippen LogP contribution in [-0.4, -0.2) is 30.8 Å². The van der Waals surface area contributed by atoms with Crippen LogP contribution in [0, 0.1) is 0 Å². The van der Waals surface area contributed by atoms with E-state index in [0.29, 0.717) is 11.8 Å². The second-order valence-corrected chi connectivity index (χ2v) is 3.86. The Morgan fingerprint density at radius 3 is 2.38 bits per heavy atom. The maximum absolute atomic E-state index is 12.5. The first-order valence-corrected chi connectivity index (χ1v) is 5.68. The van der Waals surface area contributed by atoms with E-state index in [4.69, 9.17) is 0 Å². The van der Waals surface area contributed by atoms with Crippen LogP contribution >= 0.6 is 0 Å². The van der Waals surface area contributed by atoms with Crippen molar-refractivity contribution in [1.29, 1.82) is 0 Å². The van der Waals surface area contributed by atoms with Crippen LogP contribution in [0.25, 0.3) is 0 Å². The van der Waals surface area contributed by atoms with E-state index in [2.05, 4.69) is 10.1 Å². The number of para-hydroxylation sites is 1. The minimum atomic E-state index is -4.42. The Balaban J connectivity index is 2.42. The highest BCUT2D eigenvalue weighted by molar-refractivity contribution is 6.02. The zero-order chi connectivity index (χ0) is 15.9. The lowest BCUT2D eigenvalue weighted by Crippen LogP contribution is -2.33. The Morgan fingerprint density at radius 1 is 1.19 bits per heavy atom. The van der Waals surface area contributed by atoms with Crippen LogP contribution in [0.5, 0.6) is 0 Å². The Labute approximate surface area is 117 Å². The predicted molar refractivity (Wildman–Crippen MR) is 66.1 cm³/mol. The molecular formula is C13H11F4NO3. The molecule has 1 rings (SSSR count). The molecule has 0 heterocycles. The molecule has 0 saturated carbocycles. The van der Waals surface area contributed by atoms with E-state index in [1.807, 2.05) is 0 Å². The molecule has 1 amide bonds. The van der Waals surface area contributed by atoms with Crippen LogP contribution in [0.15, 0.2) is 42.5 Å². The van der Waals surface area contributed by atoms with Crippen molar-refractivity contribution in [1.82, 2.24) is 0 Å². The quantitative estimate of drug-likeness (QED) is 0.499. The summed E-state index contributed by atoms with van der Waals surface area (Å²) in [6, 6.07) is 8.24. The minimum absolute atomic E-state index is 0.463. The van der Waals surface area contributed by atoms with E-state index < -0.39 is 30.8 Å². The van der Waals surface area contributed by atoms with Gasteiger partial charge < -0.3 is 10.1 Å². The standard InChI is InChI=1S/C13H11F4NO3/c14-12(15)13(16,17)8-21-11(20)7-6-10(19)18-9-4-2-1-3-5-9/h1-7,12H,8H2,(H,18,19). The van der Waals surface area contributed by atoms with Crippen molar-refractivity contribution < 1.29 is 31.9 Å². The van der Waals surface area contributed by atoms with Crippen molar-refractivity contribution in [3.05, 3.63) is 42.5 Å². The van der Waals surface area contributed by atoms with Crippen LogP contribution in [0.3, 0.4) is 0 Å². The lowest BCUT2D eigenvalue weighted by Gasteiger charge is -2.13. The monoisotopic (exact) mass is 305 g/mol. The summed E-state index contributed by atoms with van der Waals surface area (Å²) in [5.41, 5.74) is 0.463. The zero-order valence-corrected chi connectivity index (χ0v) is 10.6. The summed E-state index contributed by atoms with van der Waals surface area (Å²) in [6.07, 6.45) is -2.62. The van der Waals surface area contributed by atoms with Gasteiger partial charge in [0.25, 0.3) is 0 Å². The molecule has 0 aliphatic carbocycles. The van der Waals surface area contributed by atoms with E-state index in [9.17, 15) is 27.2 Å². The van der Waals surface area contributed by atoms with E-state index in [1.54, 1.807) is 30.3 Å². The van der Waals surface area contributed by atoms with Crippen molar-refractivity contribution in [3.8, 4) is 0 Å². The summed E-state index contributed by atoms with van der Waals surface area (Å²) in [4.78, 5) is 22.4. The number of esters is 1. The molecule has 1 N–H and O–H groups in total. The number of rotatable bonds is 6. The first-order valence-electron chi connectivity index (χ1n) is 5.68. The summed E-state index contributed by atoms with van der Waals surface area (Å²) in [5, 5.41) is 2.39. The van der Waals surface area contributed by atoms with Crippen LogP contribution in [0.2, 0.25) is 0 Å². The highest BCUT2D eigenvalue weighted by Crippen LogP contribution is 2.22. The average Bonchev–Trinajstić information content (AvgIpc) is 2.44. The van der Waals surface area contributed by atoms with Crippen LogP contribution in [0.4, 0.5) is 23.2 Å². The van der Waals surface area contributed by atoms with Crippen LogP contribution in [-0.2, 0) is 14.3 Å². The van der Waals surface area contributed by atoms with E-state index in [-0.39, 0.29) is 0 Å². The van der Waals surface area contributed by atoms with E-state index in [0.717, 1.165) is 6.08 Å². The summed E-state index contributed by atoms with van der Waals surface area (Å²) < 4.78 is 52.4. The first-order chi connectivity index (χ1) is 9.81. The molecular weight excluding hydrogens is 294 g/mol. The summed E-state index contributed by atoms with van der Waals surface area (Å²) in [7, 11) is 0. The molecule has 0 fully saturated rings. The molecule has 0 bridgehead atoms. The van der Waals surface area contributed by atoms with E-state index in [1.165, 1.54) is 0 Å². The van der Waals surface area contributed by atoms with Gasteiger partial charge in [-0.15, -0.1) is 0 Å². The van der Waals surface area contributed by atoms with Gasteiger partial charge in [-0.25, -0.2) is 13.6 Å². The SMILES string of the molecule is O=C(C=CC(=O)OCC(F)(F)C(F)F)Nc1ccccc1. The van der Waals surface area contributed by atoms with Gasteiger partial charge in [0.1, 0.15) is 0 Å². The van der Waals surface area contributed by atoms with Gasteiger partial charge in [-0.3, -0.25) is 4.79 Å². The second kappa shape index (κ2) is 7.41. The van der Waals surface area contributed by atoms with Gasteiger partial charge in [-0.1, -0.05) is 18.2 Å². The molecule has 114 valence electrons. The molecule has 4 nitrogen and oxygen atoms in total. The zero-order valence-electron chi connectivity index (χ0n) is 10.6. The first kappa shape index (κ1) is 16.7. The van der Waals surface area contributed by atoms with Crippen LogP contribution in [0.1, 0.15) is 0 Å². The van der Waals surface area contributed by atoms with Crippen molar-refractivity contribution in [3.63, 3.8) is 0 Å². The highest BCUT2D eigenvalue weighted by atomic mass is 19.3. The van der Waals surface area contributed by atoms with Gasteiger partial charge in [0.15, 0.2) is 6.61 Å². The fourth-order valence-electron chi connectivity index (χ4n) is 1.13. The molecule has 21 heavy (non-hydrogen) atoms. The van der Waals surface area contributed by atoms with Crippen molar-refractivity contribution in [2.24, 2.45) is 0 Å². The summed E-state index contributed by atoms with van der Waals surface area (Å²) >= 11 is 0. The molecule has 0 saturated heterocycles. The Kier molecular flexibility index (Phi) is 5.89.